The summed E-state index contributed by atoms with van der Waals surface area (Å²) in [6, 6.07) is 10.5. The molecule has 1 heterocycles. The van der Waals surface area contributed by atoms with Crippen molar-refractivity contribution in [1.29, 1.82) is 0 Å². The predicted octanol–water partition coefficient (Wildman–Crippen LogP) is 3.30. The summed E-state index contributed by atoms with van der Waals surface area (Å²) in [6.07, 6.45) is 5.83. The summed E-state index contributed by atoms with van der Waals surface area (Å²) >= 11 is 0. The highest BCUT2D eigenvalue weighted by molar-refractivity contribution is 5.42. The van der Waals surface area contributed by atoms with Crippen LogP contribution in [0.3, 0.4) is 0 Å². The Hall–Kier alpha value is -1.63. The maximum absolute atomic E-state index is 4.10. The molecule has 1 aromatic carbocycles. The highest BCUT2D eigenvalue weighted by atomic mass is 14.6. The summed E-state index contributed by atoms with van der Waals surface area (Å²) < 4.78 is 0. The Morgan fingerprint density at radius 2 is 2.00 bits per heavy atom. The van der Waals surface area contributed by atoms with Crippen molar-refractivity contribution in [2.24, 2.45) is 0 Å². The van der Waals surface area contributed by atoms with E-state index in [1.165, 1.54) is 16.7 Å². The average molecular weight is 196 g/mol. The minimum Gasteiger partial charge on any atom is -0.264 e. The SMILES string of the molecule is Cc1ccc(C)c([CH]c2cccnc2)c1. The largest absolute Gasteiger partial charge is 0.264 e. The van der Waals surface area contributed by atoms with Crippen molar-refractivity contribution in [2.45, 2.75) is 13.8 Å². The van der Waals surface area contributed by atoms with Crippen LogP contribution in [0.2, 0.25) is 0 Å². The second-order valence-corrected chi connectivity index (χ2v) is 3.79. The van der Waals surface area contributed by atoms with Crippen LogP contribution < -0.4 is 0 Å². The van der Waals surface area contributed by atoms with Gasteiger partial charge in [-0.15, -0.1) is 0 Å². The number of hydrogen-bond donors (Lipinski definition) is 0. The Morgan fingerprint density at radius 1 is 1.13 bits per heavy atom. The summed E-state index contributed by atoms with van der Waals surface area (Å²) in [5.74, 6) is 0. The molecule has 1 radical (unpaired) electrons. The zero-order valence-electron chi connectivity index (χ0n) is 9.07. The normalized spacial score (nSPS) is 10.3. The maximum atomic E-state index is 4.10. The van der Waals surface area contributed by atoms with Crippen LogP contribution in [0.25, 0.3) is 0 Å². The van der Waals surface area contributed by atoms with E-state index in [2.05, 4.69) is 49.5 Å². The van der Waals surface area contributed by atoms with Gasteiger partial charge in [-0.3, -0.25) is 4.98 Å². The second kappa shape index (κ2) is 4.26. The van der Waals surface area contributed by atoms with Gasteiger partial charge in [0, 0.05) is 18.8 Å². The fourth-order valence-electron chi connectivity index (χ4n) is 1.56. The molecule has 15 heavy (non-hydrogen) atoms. The van der Waals surface area contributed by atoms with E-state index in [9.17, 15) is 0 Å². The van der Waals surface area contributed by atoms with Crippen LogP contribution in [0.4, 0.5) is 0 Å². The molecule has 0 atom stereocenters. The van der Waals surface area contributed by atoms with Crippen LogP contribution in [-0.4, -0.2) is 4.98 Å². The van der Waals surface area contributed by atoms with Crippen LogP contribution in [0.15, 0.2) is 42.7 Å². The first kappa shape index (κ1) is 9.91. The Kier molecular flexibility index (Phi) is 2.82. The van der Waals surface area contributed by atoms with Crippen molar-refractivity contribution in [2.75, 3.05) is 0 Å². The van der Waals surface area contributed by atoms with E-state index < -0.39 is 0 Å². The molecule has 1 heteroatoms. The van der Waals surface area contributed by atoms with Crippen molar-refractivity contribution in [3.8, 4) is 0 Å². The first-order chi connectivity index (χ1) is 7.25. The first-order valence-electron chi connectivity index (χ1n) is 5.08. The van der Waals surface area contributed by atoms with Gasteiger partial charge in [0.1, 0.15) is 0 Å². The van der Waals surface area contributed by atoms with Crippen LogP contribution in [0.5, 0.6) is 0 Å². The Morgan fingerprint density at radius 3 is 2.73 bits per heavy atom. The lowest BCUT2D eigenvalue weighted by Gasteiger charge is -2.06. The Bertz CT molecular complexity index is 446. The molecule has 0 unspecified atom stereocenters. The molecule has 0 spiro atoms. The minimum absolute atomic E-state index is 1.14. The van der Waals surface area contributed by atoms with Gasteiger partial charge in [-0.25, -0.2) is 0 Å². The monoisotopic (exact) mass is 196 g/mol. The van der Waals surface area contributed by atoms with Gasteiger partial charge >= 0.3 is 0 Å². The molecule has 0 aliphatic rings. The fraction of sp³-hybridized carbons (Fsp3) is 0.143. The molecule has 2 rings (SSSR count). The molecular weight excluding hydrogens is 182 g/mol. The van der Waals surface area contributed by atoms with Gasteiger partial charge in [-0.1, -0.05) is 29.8 Å². The van der Waals surface area contributed by atoms with Crippen molar-refractivity contribution in [3.63, 3.8) is 0 Å². The summed E-state index contributed by atoms with van der Waals surface area (Å²) in [5, 5.41) is 0. The number of hydrogen-bond acceptors (Lipinski definition) is 1. The summed E-state index contributed by atoms with van der Waals surface area (Å²) in [5.41, 5.74) is 4.99. The summed E-state index contributed by atoms with van der Waals surface area (Å²) in [7, 11) is 0. The third-order valence-corrected chi connectivity index (χ3v) is 2.44. The first-order valence-corrected chi connectivity index (χ1v) is 5.08. The third-order valence-electron chi connectivity index (χ3n) is 2.44. The van der Waals surface area contributed by atoms with E-state index in [1.807, 2.05) is 12.3 Å². The van der Waals surface area contributed by atoms with Gasteiger partial charge in [0.25, 0.3) is 0 Å². The molecule has 0 bridgehead atoms. The van der Waals surface area contributed by atoms with Crippen LogP contribution in [0.1, 0.15) is 22.3 Å². The number of pyridine rings is 1. The van der Waals surface area contributed by atoms with Crippen LogP contribution in [-0.2, 0) is 0 Å². The number of aryl methyl sites for hydroxylation is 2. The third kappa shape index (κ3) is 2.44. The van der Waals surface area contributed by atoms with Crippen LogP contribution in [0, 0.1) is 20.3 Å². The molecule has 2 aromatic rings. The molecule has 0 N–H and O–H groups in total. The number of benzene rings is 1. The van der Waals surface area contributed by atoms with E-state index in [0.717, 1.165) is 5.56 Å². The van der Waals surface area contributed by atoms with E-state index >= 15 is 0 Å². The lowest BCUT2D eigenvalue weighted by Crippen LogP contribution is -1.90. The molecule has 1 nitrogen and oxygen atoms in total. The molecule has 0 aliphatic carbocycles. The quantitative estimate of drug-likeness (QED) is 0.718. The van der Waals surface area contributed by atoms with Crippen molar-refractivity contribution < 1.29 is 0 Å². The molecule has 0 saturated carbocycles. The summed E-state index contributed by atoms with van der Waals surface area (Å²) in [4.78, 5) is 4.10. The molecule has 0 amide bonds. The zero-order valence-corrected chi connectivity index (χ0v) is 9.07. The molecular formula is C14H14N. The average Bonchev–Trinajstić information content (AvgIpc) is 2.25. The predicted molar refractivity (Wildman–Crippen MR) is 62.7 cm³/mol. The Labute approximate surface area is 90.8 Å². The van der Waals surface area contributed by atoms with Gasteiger partial charge in [0.05, 0.1) is 0 Å². The van der Waals surface area contributed by atoms with Crippen molar-refractivity contribution in [1.82, 2.24) is 4.98 Å². The standard InChI is InChI=1S/C14H14N/c1-11-5-6-12(2)14(8-11)9-13-4-3-7-15-10-13/h3-10H,1-2H3. The maximum Gasteiger partial charge on any atom is 0.0306 e. The highest BCUT2D eigenvalue weighted by Crippen LogP contribution is 2.16. The topological polar surface area (TPSA) is 12.9 Å². The van der Waals surface area contributed by atoms with E-state index in [4.69, 9.17) is 0 Å². The molecule has 0 aliphatic heterocycles. The molecule has 1 aromatic heterocycles. The van der Waals surface area contributed by atoms with Gasteiger partial charge in [-0.05, 0) is 36.6 Å². The van der Waals surface area contributed by atoms with Gasteiger partial charge < -0.3 is 0 Å². The lowest BCUT2D eigenvalue weighted by molar-refractivity contribution is 1.25. The summed E-state index contributed by atoms with van der Waals surface area (Å²) in [6.45, 7) is 4.24. The van der Waals surface area contributed by atoms with Crippen molar-refractivity contribution >= 4 is 0 Å². The minimum atomic E-state index is 1.14. The smallest absolute Gasteiger partial charge is 0.0306 e. The van der Waals surface area contributed by atoms with E-state index in [-0.39, 0.29) is 0 Å². The van der Waals surface area contributed by atoms with Crippen molar-refractivity contribution in [3.05, 3.63) is 71.4 Å². The zero-order chi connectivity index (χ0) is 10.7. The molecule has 75 valence electrons. The van der Waals surface area contributed by atoms with E-state index in [1.54, 1.807) is 6.20 Å². The van der Waals surface area contributed by atoms with Gasteiger partial charge in [0.15, 0.2) is 0 Å². The fourth-order valence-corrected chi connectivity index (χ4v) is 1.56. The molecule has 0 fully saturated rings. The number of rotatable bonds is 2. The van der Waals surface area contributed by atoms with Gasteiger partial charge in [-0.2, -0.15) is 0 Å². The van der Waals surface area contributed by atoms with Crippen LogP contribution >= 0.6 is 0 Å². The highest BCUT2D eigenvalue weighted by Gasteiger charge is 2.00. The number of nitrogens with zero attached hydrogens (tertiary/aromatic N) is 1. The lowest BCUT2D eigenvalue weighted by atomic mass is 10.00. The Balaban J connectivity index is 2.28. The van der Waals surface area contributed by atoms with Gasteiger partial charge in [0.2, 0.25) is 0 Å². The second-order valence-electron chi connectivity index (χ2n) is 3.79. The van der Waals surface area contributed by atoms with E-state index in [0.29, 0.717) is 0 Å². The molecule has 0 saturated heterocycles. The number of aromatic nitrogens is 1.